The molecule has 17 heavy (non-hydrogen) atoms. The first-order valence-electron chi connectivity index (χ1n) is 6.09. The zero-order valence-electron chi connectivity index (χ0n) is 10.5. The van der Waals surface area contributed by atoms with Crippen molar-refractivity contribution in [3.05, 3.63) is 53.6 Å². The molecule has 0 spiro atoms. The molecule has 0 N–H and O–H groups in total. The molecule has 0 aliphatic carbocycles. The van der Waals surface area contributed by atoms with Crippen LogP contribution >= 0.6 is 0 Å². The van der Waals surface area contributed by atoms with Crippen LogP contribution in [0.25, 0.3) is 16.8 Å². The fraction of sp³-hybridized carbons (Fsp3) is 0.250. The van der Waals surface area contributed by atoms with E-state index in [9.17, 15) is 0 Å². The van der Waals surface area contributed by atoms with E-state index in [2.05, 4.69) is 51.0 Å². The molecule has 86 valence electrons. The highest BCUT2D eigenvalue weighted by Gasteiger charge is 2.29. The Morgan fingerprint density at radius 1 is 1.18 bits per heavy atom. The predicted octanol–water partition coefficient (Wildman–Crippen LogP) is 3.57. The van der Waals surface area contributed by atoms with E-state index in [-0.39, 0.29) is 0 Å². The van der Waals surface area contributed by atoms with Gasteiger partial charge in [0.05, 0.1) is 14.1 Å². The molecule has 0 amide bonds. The summed E-state index contributed by atoms with van der Waals surface area (Å²) in [6, 6.07) is 11.0. The molecule has 1 aliphatic rings. The number of fused-ring (bicyclic) bond motifs is 2. The molecular formula is C16H18N+. The topological polar surface area (TPSA) is 0 Å². The van der Waals surface area contributed by atoms with Gasteiger partial charge in [-0.3, -0.25) is 0 Å². The van der Waals surface area contributed by atoms with Crippen LogP contribution < -0.4 is 0 Å². The van der Waals surface area contributed by atoms with Gasteiger partial charge in [0.25, 0.3) is 0 Å². The summed E-state index contributed by atoms with van der Waals surface area (Å²) < 4.78 is 1.05. The van der Waals surface area contributed by atoms with Crippen LogP contribution in [-0.2, 0) is 13.1 Å². The van der Waals surface area contributed by atoms with E-state index in [0.717, 1.165) is 17.6 Å². The highest BCUT2D eigenvalue weighted by Crippen LogP contribution is 2.34. The Morgan fingerprint density at radius 2 is 1.94 bits per heavy atom. The number of quaternary nitrogens is 1. The fourth-order valence-corrected chi connectivity index (χ4v) is 2.98. The van der Waals surface area contributed by atoms with E-state index in [4.69, 9.17) is 0 Å². The first-order valence-corrected chi connectivity index (χ1v) is 6.09. The third kappa shape index (κ3) is 1.58. The number of hydrogen-bond donors (Lipinski definition) is 0. The van der Waals surface area contributed by atoms with Crippen molar-refractivity contribution in [2.24, 2.45) is 0 Å². The second kappa shape index (κ2) is 3.44. The molecule has 1 nitrogen and oxygen atoms in total. The monoisotopic (exact) mass is 224 g/mol. The van der Waals surface area contributed by atoms with Crippen molar-refractivity contribution in [2.75, 3.05) is 14.1 Å². The average molecular weight is 224 g/mol. The molecule has 2 aromatic carbocycles. The third-order valence-corrected chi connectivity index (χ3v) is 3.68. The van der Waals surface area contributed by atoms with Crippen molar-refractivity contribution in [3.8, 4) is 0 Å². The van der Waals surface area contributed by atoms with Crippen LogP contribution in [0.4, 0.5) is 0 Å². The smallest absolute Gasteiger partial charge is 0.105 e. The van der Waals surface area contributed by atoms with E-state index in [1.54, 1.807) is 0 Å². The second-order valence-corrected chi connectivity index (χ2v) is 5.61. The summed E-state index contributed by atoms with van der Waals surface area (Å²) in [7, 11) is 4.58. The molecule has 0 bridgehead atoms. The van der Waals surface area contributed by atoms with Gasteiger partial charge in [-0.15, -0.1) is 0 Å². The molecule has 0 aromatic heterocycles. The average Bonchev–Trinajstić information content (AvgIpc) is 2.59. The lowest BCUT2D eigenvalue weighted by molar-refractivity contribution is -0.910. The fourth-order valence-electron chi connectivity index (χ4n) is 2.98. The number of nitrogens with zero attached hydrogens (tertiary/aromatic N) is 1. The lowest BCUT2D eigenvalue weighted by Crippen LogP contribution is -2.32. The van der Waals surface area contributed by atoms with E-state index in [1.807, 2.05) is 6.08 Å². The molecule has 1 heterocycles. The van der Waals surface area contributed by atoms with Gasteiger partial charge in [-0.2, -0.15) is 0 Å². The van der Waals surface area contributed by atoms with Gasteiger partial charge in [0.15, 0.2) is 0 Å². The zero-order chi connectivity index (χ0) is 12.0. The Morgan fingerprint density at radius 3 is 2.71 bits per heavy atom. The van der Waals surface area contributed by atoms with Crippen LogP contribution in [0, 0.1) is 0 Å². The summed E-state index contributed by atoms with van der Waals surface area (Å²) in [4.78, 5) is 0. The Labute approximate surface area is 103 Å². The first-order chi connectivity index (χ1) is 8.11. The molecule has 3 rings (SSSR count). The molecule has 0 unspecified atom stereocenters. The third-order valence-electron chi connectivity index (χ3n) is 3.68. The Hall–Kier alpha value is -1.60. The molecule has 0 saturated heterocycles. The van der Waals surface area contributed by atoms with Crippen LogP contribution in [0.2, 0.25) is 0 Å². The first kappa shape index (κ1) is 10.5. The predicted molar refractivity (Wildman–Crippen MR) is 73.6 cm³/mol. The molecule has 0 saturated carbocycles. The van der Waals surface area contributed by atoms with Crippen LogP contribution in [0.3, 0.4) is 0 Å². The Balaban J connectivity index is 2.36. The van der Waals surface area contributed by atoms with E-state index >= 15 is 0 Å². The normalized spacial score (nSPS) is 17.1. The highest BCUT2D eigenvalue weighted by molar-refractivity contribution is 5.92. The minimum absolute atomic E-state index is 1.05. The van der Waals surface area contributed by atoms with Crippen molar-refractivity contribution in [1.29, 1.82) is 0 Å². The summed E-state index contributed by atoms with van der Waals surface area (Å²) in [5, 5.41) is 2.67. The van der Waals surface area contributed by atoms with Gasteiger partial charge < -0.3 is 4.48 Å². The summed E-state index contributed by atoms with van der Waals surface area (Å²) in [5.74, 6) is 0. The summed E-state index contributed by atoms with van der Waals surface area (Å²) in [5.41, 5.74) is 4.31. The SMILES string of the molecule is C=Cc1c2c(cc3ccccc13)C[N+](C)(C)C2. The molecule has 1 heteroatoms. The number of benzene rings is 2. The minimum atomic E-state index is 1.05. The van der Waals surface area contributed by atoms with Gasteiger partial charge in [0, 0.05) is 11.1 Å². The van der Waals surface area contributed by atoms with Crippen molar-refractivity contribution in [3.63, 3.8) is 0 Å². The lowest BCUT2D eigenvalue weighted by Gasteiger charge is -2.22. The zero-order valence-corrected chi connectivity index (χ0v) is 10.5. The quantitative estimate of drug-likeness (QED) is 0.650. The molecule has 0 atom stereocenters. The van der Waals surface area contributed by atoms with Gasteiger partial charge in [-0.25, -0.2) is 0 Å². The molecule has 0 fully saturated rings. The minimum Gasteiger partial charge on any atom is -0.321 e. The molecule has 1 aliphatic heterocycles. The van der Waals surface area contributed by atoms with Gasteiger partial charge in [-0.05, 0) is 22.4 Å². The molecule has 0 radical (unpaired) electrons. The summed E-state index contributed by atoms with van der Waals surface area (Å²) >= 11 is 0. The summed E-state index contributed by atoms with van der Waals surface area (Å²) in [6.07, 6.45) is 2.02. The van der Waals surface area contributed by atoms with Crippen molar-refractivity contribution in [2.45, 2.75) is 13.1 Å². The van der Waals surface area contributed by atoms with Gasteiger partial charge in [-0.1, -0.05) is 36.9 Å². The molecular weight excluding hydrogens is 206 g/mol. The van der Waals surface area contributed by atoms with Crippen molar-refractivity contribution >= 4 is 16.8 Å². The highest BCUT2D eigenvalue weighted by atomic mass is 15.3. The van der Waals surface area contributed by atoms with Gasteiger partial charge in [0.1, 0.15) is 13.1 Å². The van der Waals surface area contributed by atoms with E-state index < -0.39 is 0 Å². The van der Waals surface area contributed by atoms with Crippen LogP contribution in [0.5, 0.6) is 0 Å². The Bertz CT molecular complexity index is 608. The molecule has 2 aromatic rings. The maximum Gasteiger partial charge on any atom is 0.105 e. The van der Waals surface area contributed by atoms with Gasteiger partial charge >= 0.3 is 0 Å². The second-order valence-electron chi connectivity index (χ2n) is 5.61. The summed E-state index contributed by atoms with van der Waals surface area (Å²) in [6.45, 7) is 6.24. The standard InChI is InChI=1S/C16H18N/c1-4-14-15-8-6-5-7-12(15)9-13-10-17(2,3)11-16(13)14/h4-9H,1,10-11H2,2-3H3/q+1. The largest absolute Gasteiger partial charge is 0.321 e. The van der Waals surface area contributed by atoms with Crippen molar-refractivity contribution in [1.82, 2.24) is 0 Å². The lowest BCUT2D eigenvalue weighted by atomic mass is 9.96. The van der Waals surface area contributed by atoms with Crippen LogP contribution in [0.15, 0.2) is 36.9 Å². The number of rotatable bonds is 1. The van der Waals surface area contributed by atoms with Crippen molar-refractivity contribution < 1.29 is 4.48 Å². The maximum absolute atomic E-state index is 4.00. The van der Waals surface area contributed by atoms with Crippen LogP contribution in [-0.4, -0.2) is 18.6 Å². The van der Waals surface area contributed by atoms with E-state index in [0.29, 0.717) is 0 Å². The maximum atomic E-state index is 4.00. The Kier molecular flexibility index (Phi) is 2.14. The van der Waals surface area contributed by atoms with Crippen LogP contribution in [0.1, 0.15) is 16.7 Å². The number of hydrogen-bond acceptors (Lipinski definition) is 0. The van der Waals surface area contributed by atoms with E-state index in [1.165, 1.54) is 27.5 Å². The van der Waals surface area contributed by atoms with Gasteiger partial charge in [0.2, 0.25) is 0 Å².